The molecule has 6 heteroatoms. The van der Waals surface area contributed by atoms with Crippen molar-refractivity contribution in [3.8, 4) is 0 Å². The van der Waals surface area contributed by atoms with Gasteiger partial charge in [-0.25, -0.2) is 4.79 Å². The summed E-state index contributed by atoms with van der Waals surface area (Å²) in [6, 6.07) is 12.2. The number of carbonyl (C=O) groups excluding carboxylic acids is 1. The average molecular weight is 392 g/mol. The third kappa shape index (κ3) is 4.53. The zero-order valence-electron chi connectivity index (χ0n) is 17.0. The van der Waals surface area contributed by atoms with Gasteiger partial charge in [-0.3, -0.25) is 5.10 Å². The van der Waals surface area contributed by atoms with E-state index in [1.165, 1.54) is 36.1 Å². The van der Waals surface area contributed by atoms with E-state index in [-0.39, 0.29) is 6.03 Å². The molecule has 0 bridgehead atoms. The van der Waals surface area contributed by atoms with Gasteiger partial charge in [0.15, 0.2) is 0 Å². The van der Waals surface area contributed by atoms with Crippen molar-refractivity contribution in [2.45, 2.75) is 45.6 Å². The minimum Gasteiger partial charge on any atom is -0.372 e. The van der Waals surface area contributed by atoms with E-state index in [4.69, 9.17) is 0 Å². The maximum Gasteiger partial charge on any atom is 0.319 e. The molecular weight excluding hydrogens is 362 g/mol. The summed E-state index contributed by atoms with van der Waals surface area (Å²) in [5.74, 6) is 0. The Morgan fingerprint density at radius 1 is 1.14 bits per heavy atom. The molecule has 3 aromatic rings. The highest BCUT2D eigenvalue weighted by molar-refractivity contribution is 6.00. The Morgan fingerprint density at radius 3 is 2.83 bits per heavy atom. The molecule has 6 nitrogen and oxygen atoms in total. The van der Waals surface area contributed by atoms with Crippen LogP contribution in [0.15, 0.2) is 42.6 Å². The van der Waals surface area contributed by atoms with Crippen molar-refractivity contribution < 1.29 is 4.79 Å². The van der Waals surface area contributed by atoms with E-state index < -0.39 is 0 Å². The van der Waals surface area contributed by atoms with Crippen molar-refractivity contribution in [2.24, 2.45) is 0 Å². The number of hydrogen-bond donors (Lipinski definition) is 3. The van der Waals surface area contributed by atoms with Crippen LogP contribution in [-0.2, 0) is 13.0 Å². The first-order valence-electron chi connectivity index (χ1n) is 10.6. The summed E-state index contributed by atoms with van der Waals surface area (Å²) in [5.41, 5.74) is 5.48. The largest absolute Gasteiger partial charge is 0.372 e. The molecular formula is C23H29N5O. The fraction of sp³-hybridized carbons (Fsp3) is 0.391. The van der Waals surface area contributed by atoms with Crippen molar-refractivity contribution in [2.75, 3.05) is 23.3 Å². The highest BCUT2D eigenvalue weighted by Crippen LogP contribution is 2.24. The molecule has 2 amide bonds. The lowest BCUT2D eigenvalue weighted by Gasteiger charge is -2.29. The molecule has 0 aliphatic carbocycles. The predicted molar refractivity (Wildman–Crippen MR) is 118 cm³/mol. The second-order valence-electron chi connectivity index (χ2n) is 7.70. The standard InChI is InChI=1S/C23H29N5O/c1-2-7-17-14-19(28-12-4-3-5-13-28)11-10-18(17)15-24-23(29)26-21-8-6-9-22-20(21)16-25-27-22/h6,8-11,14,16H,2-5,7,12-13,15H2,1H3,(H,25,27)(H2,24,26,29). The van der Waals surface area contributed by atoms with Gasteiger partial charge in [-0.2, -0.15) is 5.10 Å². The Balaban J connectivity index is 1.42. The third-order valence-corrected chi connectivity index (χ3v) is 5.60. The Morgan fingerprint density at radius 2 is 2.00 bits per heavy atom. The second kappa shape index (κ2) is 8.99. The monoisotopic (exact) mass is 391 g/mol. The predicted octanol–water partition coefficient (Wildman–Crippen LogP) is 4.83. The molecule has 0 atom stereocenters. The maximum atomic E-state index is 12.5. The number of fused-ring (bicyclic) bond motifs is 1. The normalized spacial score (nSPS) is 14.2. The molecule has 1 fully saturated rings. The smallest absolute Gasteiger partial charge is 0.319 e. The zero-order chi connectivity index (χ0) is 20.1. The fourth-order valence-electron chi connectivity index (χ4n) is 4.05. The molecule has 4 rings (SSSR count). The lowest BCUT2D eigenvalue weighted by atomic mass is 10.0. The number of H-pyrrole nitrogens is 1. The Kier molecular flexibility index (Phi) is 5.98. The topological polar surface area (TPSA) is 73.1 Å². The van der Waals surface area contributed by atoms with Gasteiger partial charge in [0.1, 0.15) is 0 Å². The van der Waals surface area contributed by atoms with Gasteiger partial charge in [-0.05, 0) is 61.1 Å². The molecule has 3 N–H and O–H groups in total. The molecule has 29 heavy (non-hydrogen) atoms. The lowest BCUT2D eigenvalue weighted by molar-refractivity contribution is 0.251. The molecule has 1 aliphatic rings. The van der Waals surface area contributed by atoms with Gasteiger partial charge in [0.05, 0.1) is 17.4 Å². The molecule has 0 unspecified atom stereocenters. The average Bonchev–Trinajstić information content (AvgIpc) is 3.24. The molecule has 1 aromatic heterocycles. The first-order chi connectivity index (χ1) is 14.2. The van der Waals surface area contributed by atoms with Crippen molar-refractivity contribution in [3.63, 3.8) is 0 Å². The van der Waals surface area contributed by atoms with Crippen molar-refractivity contribution in [1.29, 1.82) is 0 Å². The molecule has 1 aliphatic heterocycles. The number of nitrogens with one attached hydrogen (secondary N) is 3. The van der Waals surface area contributed by atoms with Gasteiger partial charge in [-0.1, -0.05) is 25.5 Å². The van der Waals surface area contributed by atoms with E-state index in [1.807, 2.05) is 18.2 Å². The van der Waals surface area contributed by atoms with Gasteiger partial charge in [-0.15, -0.1) is 0 Å². The van der Waals surface area contributed by atoms with Crippen molar-refractivity contribution in [1.82, 2.24) is 15.5 Å². The highest BCUT2D eigenvalue weighted by atomic mass is 16.2. The number of benzene rings is 2. The quantitative estimate of drug-likeness (QED) is 0.564. The van der Waals surface area contributed by atoms with Crippen LogP contribution in [-0.4, -0.2) is 29.3 Å². The van der Waals surface area contributed by atoms with Crippen molar-refractivity contribution in [3.05, 3.63) is 53.7 Å². The Bertz CT molecular complexity index is 974. The summed E-state index contributed by atoms with van der Waals surface area (Å²) < 4.78 is 0. The number of nitrogens with zero attached hydrogens (tertiary/aromatic N) is 2. The Labute approximate surface area is 171 Å². The zero-order valence-corrected chi connectivity index (χ0v) is 17.0. The number of carbonyl (C=O) groups is 1. The number of piperidine rings is 1. The van der Waals surface area contributed by atoms with Crippen LogP contribution in [0, 0.1) is 0 Å². The fourth-order valence-corrected chi connectivity index (χ4v) is 4.05. The van der Waals surface area contributed by atoms with E-state index in [0.717, 1.165) is 42.5 Å². The number of hydrogen-bond acceptors (Lipinski definition) is 3. The van der Waals surface area contributed by atoms with E-state index in [2.05, 4.69) is 50.9 Å². The van der Waals surface area contributed by atoms with Crippen molar-refractivity contribution >= 4 is 28.3 Å². The van der Waals surface area contributed by atoms with Gasteiger partial charge < -0.3 is 15.5 Å². The number of urea groups is 1. The summed E-state index contributed by atoms with van der Waals surface area (Å²) in [5, 5.41) is 13.8. The van der Waals surface area contributed by atoms with Crippen LogP contribution in [0.25, 0.3) is 10.9 Å². The third-order valence-electron chi connectivity index (χ3n) is 5.60. The summed E-state index contributed by atoms with van der Waals surface area (Å²) in [4.78, 5) is 15.0. The minimum atomic E-state index is -0.207. The number of aryl methyl sites for hydroxylation is 1. The summed E-state index contributed by atoms with van der Waals surface area (Å²) >= 11 is 0. The van der Waals surface area contributed by atoms with Crippen LogP contribution in [0.4, 0.5) is 16.2 Å². The van der Waals surface area contributed by atoms with Gasteiger partial charge in [0.2, 0.25) is 0 Å². The molecule has 2 heterocycles. The number of aromatic nitrogens is 2. The minimum absolute atomic E-state index is 0.207. The lowest BCUT2D eigenvalue weighted by Crippen LogP contribution is -2.30. The molecule has 2 aromatic carbocycles. The van der Waals surface area contributed by atoms with E-state index in [0.29, 0.717) is 6.54 Å². The molecule has 0 spiro atoms. The van der Waals surface area contributed by atoms with E-state index in [1.54, 1.807) is 6.20 Å². The van der Waals surface area contributed by atoms with Crippen LogP contribution < -0.4 is 15.5 Å². The van der Waals surface area contributed by atoms with E-state index in [9.17, 15) is 4.79 Å². The van der Waals surface area contributed by atoms with Gasteiger partial charge >= 0.3 is 6.03 Å². The van der Waals surface area contributed by atoms with Crippen LogP contribution in [0.5, 0.6) is 0 Å². The molecule has 1 saturated heterocycles. The van der Waals surface area contributed by atoms with E-state index >= 15 is 0 Å². The Hall–Kier alpha value is -3.02. The SMILES string of the molecule is CCCc1cc(N2CCCCC2)ccc1CNC(=O)Nc1cccc2[nH]ncc12. The number of rotatable bonds is 6. The summed E-state index contributed by atoms with van der Waals surface area (Å²) in [6.45, 7) is 5.00. The van der Waals surface area contributed by atoms with Crippen LogP contribution in [0.1, 0.15) is 43.7 Å². The van der Waals surface area contributed by atoms with Gasteiger partial charge in [0.25, 0.3) is 0 Å². The number of amides is 2. The van der Waals surface area contributed by atoms with Crippen LogP contribution in [0.2, 0.25) is 0 Å². The maximum absolute atomic E-state index is 12.5. The van der Waals surface area contributed by atoms with Crippen LogP contribution in [0.3, 0.4) is 0 Å². The first kappa shape index (κ1) is 19.3. The second-order valence-corrected chi connectivity index (χ2v) is 7.70. The van der Waals surface area contributed by atoms with Gasteiger partial charge in [0, 0.05) is 30.7 Å². The molecule has 0 radical (unpaired) electrons. The highest BCUT2D eigenvalue weighted by Gasteiger charge is 2.13. The number of anilines is 2. The molecule has 0 saturated carbocycles. The summed E-state index contributed by atoms with van der Waals surface area (Å²) in [6.07, 6.45) is 7.72. The van der Waals surface area contributed by atoms with Crippen LogP contribution >= 0.6 is 0 Å². The molecule has 152 valence electrons. The number of aromatic amines is 1. The summed E-state index contributed by atoms with van der Waals surface area (Å²) in [7, 11) is 0. The first-order valence-corrected chi connectivity index (χ1v) is 10.6.